The van der Waals surface area contributed by atoms with Crippen LogP contribution in [0.5, 0.6) is 0 Å². The predicted molar refractivity (Wildman–Crippen MR) is 74.0 cm³/mol. The Kier molecular flexibility index (Phi) is 4.26. The van der Waals surface area contributed by atoms with Crippen LogP contribution in [0.2, 0.25) is 0 Å². The second kappa shape index (κ2) is 6.11. The minimum Gasteiger partial charge on any atom is -0.476 e. The monoisotopic (exact) mass is 292 g/mol. The smallest absolute Gasteiger partial charge is 0.355 e. The molecule has 2 heterocycles. The number of hydrogen-bond acceptors (Lipinski definition) is 6. The third kappa shape index (κ3) is 3.29. The highest BCUT2D eigenvalue weighted by Crippen LogP contribution is 2.13. The zero-order chi connectivity index (χ0) is 14.5. The van der Waals surface area contributed by atoms with Gasteiger partial charge in [-0.3, -0.25) is 4.79 Å². The molecular formula is C12H12N4O3S. The number of nitrogens with one attached hydrogen (secondary N) is 1. The molecule has 0 atom stereocenters. The van der Waals surface area contributed by atoms with Gasteiger partial charge in [0.15, 0.2) is 5.69 Å². The van der Waals surface area contributed by atoms with E-state index in [0.717, 1.165) is 0 Å². The molecule has 0 aliphatic rings. The molecule has 7 nitrogen and oxygen atoms in total. The van der Waals surface area contributed by atoms with Crippen LogP contribution in [0.25, 0.3) is 0 Å². The van der Waals surface area contributed by atoms with Gasteiger partial charge in [0.2, 0.25) is 0 Å². The standard InChI is InChI=1S/C12H12N4O3S/c13-10(17)7-2-1-4-14-11(7)15-5-3-9-16-8(6-20-9)12(18)19/h1-2,4,6H,3,5H2,(H2,13,17)(H,14,15)(H,18,19). The lowest BCUT2D eigenvalue weighted by Crippen LogP contribution is -2.16. The molecule has 1 amide bonds. The number of primary amides is 1. The summed E-state index contributed by atoms with van der Waals surface area (Å²) >= 11 is 1.28. The summed E-state index contributed by atoms with van der Waals surface area (Å²) in [5, 5.41) is 13.9. The molecule has 0 aliphatic heterocycles. The third-order valence-electron chi connectivity index (χ3n) is 2.48. The molecule has 2 rings (SSSR count). The van der Waals surface area contributed by atoms with E-state index < -0.39 is 11.9 Å². The van der Waals surface area contributed by atoms with E-state index in [1.54, 1.807) is 18.3 Å². The van der Waals surface area contributed by atoms with Gasteiger partial charge in [-0.05, 0) is 12.1 Å². The number of aromatic carboxylic acids is 1. The SMILES string of the molecule is NC(=O)c1cccnc1NCCc1nc(C(=O)O)cs1. The maximum Gasteiger partial charge on any atom is 0.355 e. The molecule has 0 saturated heterocycles. The summed E-state index contributed by atoms with van der Waals surface area (Å²) in [7, 11) is 0. The Balaban J connectivity index is 1.96. The molecule has 0 radical (unpaired) electrons. The molecule has 4 N–H and O–H groups in total. The summed E-state index contributed by atoms with van der Waals surface area (Å²) in [5.74, 6) is -1.18. The number of carbonyl (C=O) groups excluding carboxylic acids is 1. The van der Waals surface area contributed by atoms with E-state index in [4.69, 9.17) is 10.8 Å². The van der Waals surface area contributed by atoms with Crippen LogP contribution in [-0.4, -0.2) is 33.5 Å². The van der Waals surface area contributed by atoms with E-state index in [2.05, 4.69) is 15.3 Å². The van der Waals surface area contributed by atoms with Crippen molar-refractivity contribution in [2.24, 2.45) is 5.73 Å². The molecule has 0 aliphatic carbocycles. The van der Waals surface area contributed by atoms with E-state index in [1.807, 2.05) is 0 Å². The van der Waals surface area contributed by atoms with Crippen LogP contribution >= 0.6 is 11.3 Å². The van der Waals surface area contributed by atoms with Crippen molar-refractivity contribution in [3.63, 3.8) is 0 Å². The fourth-order valence-electron chi connectivity index (χ4n) is 1.56. The molecule has 0 fully saturated rings. The second-order valence-electron chi connectivity index (χ2n) is 3.87. The van der Waals surface area contributed by atoms with Crippen LogP contribution in [0.3, 0.4) is 0 Å². The number of thiazole rings is 1. The lowest BCUT2D eigenvalue weighted by atomic mass is 10.2. The Labute approximate surface area is 118 Å². The number of nitrogens with zero attached hydrogens (tertiary/aromatic N) is 2. The fraction of sp³-hybridized carbons (Fsp3) is 0.167. The number of hydrogen-bond donors (Lipinski definition) is 3. The first kappa shape index (κ1) is 13.9. The van der Waals surface area contributed by atoms with Crippen molar-refractivity contribution in [1.29, 1.82) is 0 Å². The highest BCUT2D eigenvalue weighted by Gasteiger charge is 2.10. The number of carboxylic acids is 1. The van der Waals surface area contributed by atoms with Crippen LogP contribution in [0.1, 0.15) is 25.9 Å². The van der Waals surface area contributed by atoms with Gasteiger partial charge in [-0.1, -0.05) is 0 Å². The summed E-state index contributed by atoms with van der Waals surface area (Å²) in [5.41, 5.74) is 5.60. The molecule has 20 heavy (non-hydrogen) atoms. The third-order valence-corrected chi connectivity index (χ3v) is 3.38. The largest absolute Gasteiger partial charge is 0.476 e. The molecule has 2 aromatic rings. The number of pyridine rings is 1. The van der Waals surface area contributed by atoms with Crippen molar-refractivity contribution in [3.05, 3.63) is 40.0 Å². The molecule has 0 unspecified atom stereocenters. The van der Waals surface area contributed by atoms with Gasteiger partial charge < -0.3 is 16.2 Å². The Morgan fingerprint density at radius 3 is 2.90 bits per heavy atom. The summed E-state index contributed by atoms with van der Waals surface area (Å²) in [4.78, 5) is 29.9. The number of aromatic nitrogens is 2. The molecule has 0 aromatic carbocycles. The average molecular weight is 292 g/mol. The fourth-order valence-corrected chi connectivity index (χ4v) is 2.33. The predicted octanol–water partition coefficient (Wildman–Crippen LogP) is 0.990. The average Bonchev–Trinajstić information content (AvgIpc) is 2.88. The van der Waals surface area contributed by atoms with Gasteiger partial charge >= 0.3 is 5.97 Å². The van der Waals surface area contributed by atoms with Crippen LogP contribution in [0.15, 0.2) is 23.7 Å². The van der Waals surface area contributed by atoms with Gasteiger partial charge in [-0.2, -0.15) is 0 Å². The van der Waals surface area contributed by atoms with Crippen molar-refractivity contribution in [3.8, 4) is 0 Å². The van der Waals surface area contributed by atoms with Crippen LogP contribution in [-0.2, 0) is 6.42 Å². The van der Waals surface area contributed by atoms with Crippen molar-refractivity contribution < 1.29 is 14.7 Å². The van der Waals surface area contributed by atoms with E-state index in [0.29, 0.717) is 29.4 Å². The molecule has 0 spiro atoms. The lowest BCUT2D eigenvalue weighted by Gasteiger charge is -2.07. The van der Waals surface area contributed by atoms with E-state index in [9.17, 15) is 9.59 Å². The normalized spacial score (nSPS) is 10.2. The van der Waals surface area contributed by atoms with Gasteiger partial charge in [0.25, 0.3) is 5.91 Å². The van der Waals surface area contributed by atoms with E-state index in [-0.39, 0.29) is 5.69 Å². The van der Waals surface area contributed by atoms with Gasteiger partial charge in [0, 0.05) is 24.5 Å². The quantitative estimate of drug-likeness (QED) is 0.730. The number of amides is 1. The van der Waals surface area contributed by atoms with Crippen LogP contribution in [0.4, 0.5) is 5.82 Å². The topological polar surface area (TPSA) is 118 Å². The maximum absolute atomic E-state index is 11.2. The summed E-state index contributed by atoms with van der Waals surface area (Å²) in [6.07, 6.45) is 2.09. The van der Waals surface area contributed by atoms with E-state index >= 15 is 0 Å². The Morgan fingerprint density at radius 1 is 1.45 bits per heavy atom. The number of anilines is 1. The first-order chi connectivity index (χ1) is 9.58. The number of nitrogens with two attached hydrogens (primary N) is 1. The first-order valence-electron chi connectivity index (χ1n) is 5.74. The van der Waals surface area contributed by atoms with Crippen LogP contribution < -0.4 is 11.1 Å². The van der Waals surface area contributed by atoms with Gasteiger partial charge in [0.1, 0.15) is 5.82 Å². The summed E-state index contributed by atoms with van der Waals surface area (Å²) in [6, 6.07) is 3.22. The number of carbonyl (C=O) groups is 2. The molecule has 0 bridgehead atoms. The summed E-state index contributed by atoms with van der Waals surface area (Å²) < 4.78 is 0. The van der Waals surface area contributed by atoms with Crippen LogP contribution in [0, 0.1) is 0 Å². The van der Waals surface area contributed by atoms with Crippen molar-refractivity contribution in [1.82, 2.24) is 9.97 Å². The molecule has 2 aromatic heterocycles. The Hall–Kier alpha value is -2.48. The Bertz CT molecular complexity index is 641. The lowest BCUT2D eigenvalue weighted by molar-refractivity contribution is 0.0691. The molecular weight excluding hydrogens is 280 g/mol. The van der Waals surface area contributed by atoms with Gasteiger partial charge in [0.05, 0.1) is 10.6 Å². The molecule has 104 valence electrons. The highest BCUT2D eigenvalue weighted by molar-refractivity contribution is 7.09. The minimum atomic E-state index is -1.04. The zero-order valence-corrected chi connectivity index (χ0v) is 11.2. The number of carboxylic acid groups (broad SMARTS) is 1. The maximum atomic E-state index is 11.2. The van der Waals surface area contributed by atoms with Crippen molar-refractivity contribution in [2.75, 3.05) is 11.9 Å². The Morgan fingerprint density at radius 2 is 2.25 bits per heavy atom. The molecule has 8 heteroatoms. The zero-order valence-electron chi connectivity index (χ0n) is 10.4. The van der Waals surface area contributed by atoms with Gasteiger partial charge in [-0.25, -0.2) is 14.8 Å². The molecule has 0 saturated carbocycles. The summed E-state index contributed by atoms with van der Waals surface area (Å²) in [6.45, 7) is 0.476. The van der Waals surface area contributed by atoms with Gasteiger partial charge in [-0.15, -0.1) is 11.3 Å². The first-order valence-corrected chi connectivity index (χ1v) is 6.62. The number of rotatable bonds is 6. The van der Waals surface area contributed by atoms with E-state index in [1.165, 1.54) is 16.7 Å². The minimum absolute atomic E-state index is 0.0423. The highest BCUT2D eigenvalue weighted by atomic mass is 32.1. The van der Waals surface area contributed by atoms with Crippen molar-refractivity contribution >= 4 is 29.0 Å². The second-order valence-corrected chi connectivity index (χ2v) is 4.81. The van der Waals surface area contributed by atoms with Crippen molar-refractivity contribution in [2.45, 2.75) is 6.42 Å².